The largest absolute Gasteiger partial charge is 0.494 e. The SMILES string of the molecule is CCCCCCCCCCCCn1c2ccccc2c2ccc(OCCCCCCCC)cc21. The molecule has 0 N–H and O–H groups in total. The summed E-state index contributed by atoms with van der Waals surface area (Å²) in [5.74, 6) is 1.02. The fraction of sp³-hybridized carbons (Fsp3) is 0.625. The van der Waals surface area contributed by atoms with Crippen molar-refractivity contribution < 1.29 is 4.74 Å². The predicted molar refractivity (Wildman–Crippen MR) is 150 cm³/mol. The van der Waals surface area contributed by atoms with Gasteiger partial charge in [-0.05, 0) is 31.0 Å². The predicted octanol–water partition coefficient (Wildman–Crippen LogP) is 10.5. The number of unbranched alkanes of at least 4 members (excludes halogenated alkanes) is 14. The Bertz CT molecular complexity index is 941. The minimum absolute atomic E-state index is 0.830. The summed E-state index contributed by atoms with van der Waals surface area (Å²) in [4.78, 5) is 0. The lowest BCUT2D eigenvalue weighted by atomic mass is 10.1. The van der Waals surface area contributed by atoms with E-state index in [0.717, 1.165) is 25.3 Å². The topological polar surface area (TPSA) is 14.2 Å². The Morgan fingerprint density at radius 3 is 1.79 bits per heavy atom. The molecule has 1 heterocycles. The number of benzene rings is 2. The van der Waals surface area contributed by atoms with Gasteiger partial charge in [0.25, 0.3) is 0 Å². The molecule has 3 rings (SSSR count). The summed E-state index contributed by atoms with van der Waals surface area (Å²) in [7, 11) is 0. The second kappa shape index (κ2) is 15.8. The molecule has 2 nitrogen and oxygen atoms in total. The third kappa shape index (κ3) is 8.36. The van der Waals surface area contributed by atoms with Crippen molar-refractivity contribution in [3.8, 4) is 5.75 Å². The van der Waals surface area contributed by atoms with Crippen molar-refractivity contribution in [3.63, 3.8) is 0 Å². The maximum atomic E-state index is 6.16. The zero-order valence-electron chi connectivity index (χ0n) is 22.1. The van der Waals surface area contributed by atoms with Crippen molar-refractivity contribution >= 4 is 21.8 Å². The van der Waals surface area contributed by atoms with Crippen LogP contribution in [0, 0.1) is 0 Å². The number of hydrogen-bond donors (Lipinski definition) is 0. The van der Waals surface area contributed by atoms with E-state index in [4.69, 9.17) is 4.74 Å². The van der Waals surface area contributed by atoms with Crippen LogP contribution in [0.15, 0.2) is 42.5 Å². The highest BCUT2D eigenvalue weighted by Gasteiger charge is 2.11. The normalized spacial score (nSPS) is 11.6. The first kappa shape index (κ1) is 26.6. The van der Waals surface area contributed by atoms with E-state index < -0.39 is 0 Å². The molecule has 0 saturated carbocycles. The van der Waals surface area contributed by atoms with Gasteiger partial charge in [0.05, 0.1) is 12.1 Å². The maximum Gasteiger partial charge on any atom is 0.121 e. The number of aryl methyl sites for hydroxylation is 1. The molecule has 0 aliphatic carbocycles. The number of rotatable bonds is 19. The summed E-state index contributed by atoms with van der Waals surface area (Å²) < 4.78 is 8.70. The van der Waals surface area contributed by atoms with Gasteiger partial charge in [0.2, 0.25) is 0 Å². The fourth-order valence-electron chi connectivity index (χ4n) is 5.19. The molecule has 188 valence electrons. The van der Waals surface area contributed by atoms with Gasteiger partial charge >= 0.3 is 0 Å². The summed E-state index contributed by atoms with van der Waals surface area (Å²) in [5, 5.41) is 2.72. The Labute approximate surface area is 209 Å². The molecule has 0 atom stereocenters. The van der Waals surface area contributed by atoms with Crippen molar-refractivity contribution in [2.24, 2.45) is 0 Å². The van der Waals surface area contributed by atoms with E-state index >= 15 is 0 Å². The van der Waals surface area contributed by atoms with Crippen molar-refractivity contribution in [2.75, 3.05) is 6.61 Å². The molecule has 34 heavy (non-hydrogen) atoms. The van der Waals surface area contributed by atoms with Crippen LogP contribution in [-0.2, 0) is 6.54 Å². The zero-order valence-corrected chi connectivity index (χ0v) is 22.1. The minimum Gasteiger partial charge on any atom is -0.494 e. The molecule has 0 unspecified atom stereocenters. The van der Waals surface area contributed by atoms with E-state index in [-0.39, 0.29) is 0 Å². The smallest absolute Gasteiger partial charge is 0.121 e. The van der Waals surface area contributed by atoms with Crippen LogP contribution in [0.1, 0.15) is 117 Å². The first-order valence-corrected chi connectivity index (χ1v) is 14.5. The zero-order chi connectivity index (χ0) is 23.8. The minimum atomic E-state index is 0.830. The van der Waals surface area contributed by atoms with E-state index in [1.54, 1.807) is 0 Å². The van der Waals surface area contributed by atoms with E-state index in [9.17, 15) is 0 Å². The van der Waals surface area contributed by atoms with Crippen molar-refractivity contribution in [1.29, 1.82) is 0 Å². The van der Waals surface area contributed by atoms with Crippen molar-refractivity contribution in [3.05, 3.63) is 42.5 Å². The number of ether oxygens (including phenoxy) is 1. The molecule has 3 aromatic rings. The Balaban J connectivity index is 1.51. The maximum absolute atomic E-state index is 6.16. The van der Waals surface area contributed by atoms with Crippen LogP contribution in [0.25, 0.3) is 21.8 Å². The molecule has 0 spiro atoms. The molecule has 0 fully saturated rings. The van der Waals surface area contributed by atoms with E-state index in [1.165, 1.54) is 118 Å². The van der Waals surface area contributed by atoms with Crippen molar-refractivity contribution in [2.45, 2.75) is 123 Å². The molecule has 0 amide bonds. The van der Waals surface area contributed by atoms with Gasteiger partial charge in [0, 0.05) is 28.9 Å². The molecular weight excluding hydrogens is 414 g/mol. The highest BCUT2D eigenvalue weighted by molar-refractivity contribution is 6.08. The molecule has 2 heteroatoms. The Morgan fingerprint density at radius 2 is 1.12 bits per heavy atom. The molecule has 0 saturated heterocycles. The Morgan fingerprint density at radius 1 is 0.559 bits per heavy atom. The van der Waals surface area contributed by atoms with Gasteiger partial charge in [-0.1, -0.05) is 122 Å². The molecule has 0 aliphatic heterocycles. The standard InChI is InChI=1S/C32H49NO/c1-3-5-7-9-11-12-13-14-15-19-25-33-31-22-18-17-21-29(31)30-24-23-28(27-32(30)33)34-26-20-16-10-8-6-4-2/h17-18,21-24,27H,3-16,19-20,25-26H2,1-2H3. The second-order valence-corrected chi connectivity index (χ2v) is 10.1. The Kier molecular flexibility index (Phi) is 12.4. The monoisotopic (exact) mass is 463 g/mol. The number of nitrogens with zero attached hydrogens (tertiary/aromatic N) is 1. The molecule has 1 aromatic heterocycles. The molecule has 0 aliphatic rings. The Hall–Kier alpha value is -1.96. The summed E-state index contributed by atoms with van der Waals surface area (Å²) in [6.07, 6.45) is 21.6. The highest BCUT2D eigenvalue weighted by atomic mass is 16.5. The quantitative estimate of drug-likeness (QED) is 0.161. The van der Waals surface area contributed by atoms with Crippen molar-refractivity contribution in [1.82, 2.24) is 4.57 Å². The summed E-state index contributed by atoms with van der Waals surface area (Å²) in [5.41, 5.74) is 2.69. The molecule has 0 radical (unpaired) electrons. The van der Waals surface area contributed by atoms with E-state index in [0.29, 0.717) is 0 Å². The van der Waals surface area contributed by atoms with Gasteiger partial charge in [-0.25, -0.2) is 0 Å². The van der Waals surface area contributed by atoms with Gasteiger partial charge in [-0.3, -0.25) is 0 Å². The van der Waals surface area contributed by atoms with Crippen LogP contribution in [0.3, 0.4) is 0 Å². The third-order valence-corrected chi connectivity index (χ3v) is 7.25. The van der Waals surface area contributed by atoms with Crippen LogP contribution in [-0.4, -0.2) is 11.2 Å². The van der Waals surface area contributed by atoms with Gasteiger partial charge in [-0.2, -0.15) is 0 Å². The average molecular weight is 464 g/mol. The highest BCUT2D eigenvalue weighted by Crippen LogP contribution is 2.32. The molecular formula is C32H49NO. The molecule has 0 bridgehead atoms. The van der Waals surface area contributed by atoms with E-state index in [2.05, 4.69) is 60.9 Å². The second-order valence-electron chi connectivity index (χ2n) is 10.1. The number of fused-ring (bicyclic) bond motifs is 3. The number of aromatic nitrogens is 1. The van der Waals surface area contributed by atoms with Crippen LogP contribution in [0.4, 0.5) is 0 Å². The van der Waals surface area contributed by atoms with Crippen LogP contribution in [0.2, 0.25) is 0 Å². The van der Waals surface area contributed by atoms with Gasteiger partial charge in [0.15, 0.2) is 0 Å². The summed E-state index contributed by atoms with van der Waals surface area (Å²) in [6, 6.07) is 15.6. The first-order chi connectivity index (χ1) is 16.8. The van der Waals surface area contributed by atoms with Crippen LogP contribution >= 0.6 is 0 Å². The fourth-order valence-corrected chi connectivity index (χ4v) is 5.19. The van der Waals surface area contributed by atoms with Gasteiger partial charge in [0.1, 0.15) is 5.75 Å². The number of para-hydroxylation sites is 1. The van der Waals surface area contributed by atoms with Gasteiger partial charge in [-0.15, -0.1) is 0 Å². The summed E-state index contributed by atoms with van der Waals surface area (Å²) >= 11 is 0. The van der Waals surface area contributed by atoms with E-state index in [1.807, 2.05) is 0 Å². The average Bonchev–Trinajstić information content (AvgIpc) is 3.17. The first-order valence-electron chi connectivity index (χ1n) is 14.5. The van der Waals surface area contributed by atoms with Crippen LogP contribution in [0.5, 0.6) is 5.75 Å². The van der Waals surface area contributed by atoms with Crippen LogP contribution < -0.4 is 4.74 Å². The summed E-state index contributed by atoms with van der Waals surface area (Å²) in [6.45, 7) is 6.49. The lowest BCUT2D eigenvalue weighted by molar-refractivity contribution is 0.304. The lowest BCUT2D eigenvalue weighted by Crippen LogP contribution is -2.00. The third-order valence-electron chi connectivity index (χ3n) is 7.25. The number of hydrogen-bond acceptors (Lipinski definition) is 1. The van der Waals surface area contributed by atoms with Gasteiger partial charge < -0.3 is 9.30 Å². The lowest BCUT2D eigenvalue weighted by Gasteiger charge is -2.10. The molecule has 2 aromatic carbocycles.